The number of thioether (sulfide) groups is 1. The summed E-state index contributed by atoms with van der Waals surface area (Å²) in [5, 5.41) is 0. The molecule has 107 valence electrons. The van der Waals surface area contributed by atoms with Gasteiger partial charge < -0.3 is 0 Å². The maximum atomic E-state index is 3.76. The zero-order chi connectivity index (χ0) is 15.1. The van der Waals surface area contributed by atoms with Gasteiger partial charge in [-0.1, -0.05) is 0 Å². The van der Waals surface area contributed by atoms with Crippen molar-refractivity contribution in [2.75, 3.05) is 5.75 Å². The van der Waals surface area contributed by atoms with E-state index in [2.05, 4.69) is 80.3 Å². The van der Waals surface area contributed by atoms with E-state index in [9.17, 15) is 0 Å². The molecule has 0 unspecified atom stereocenters. The molecule has 0 saturated heterocycles. The minimum atomic E-state index is 0.575. The van der Waals surface area contributed by atoms with E-state index in [1.54, 1.807) is 0 Å². The Hall–Kier alpha value is -0.496. The van der Waals surface area contributed by atoms with Gasteiger partial charge in [0, 0.05) is 0 Å². The summed E-state index contributed by atoms with van der Waals surface area (Å²) >= 11 is 4.41. The molecule has 0 nitrogen and oxygen atoms in total. The summed E-state index contributed by atoms with van der Waals surface area (Å²) < 4.78 is 2.09. The average molecular weight is 323 g/mol. The second kappa shape index (κ2) is 8.72. The van der Waals surface area contributed by atoms with E-state index in [0.717, 1.165) is 5.75 Å². The summed E-state index contributed by atoms with van der Waals surface area (Å²) in [4.78, 5) is 1.35. The van der Waals surface area contributed by atoms with E-state index in [1.165, 1.54) is 21.6 Å². The molecule has 0 N–H and O–H groups in total. The molecule has 0 aromatic heterocycles. The second-order valence-corrected chi connectivity index (χ2v) is 6.95. The molecule has 20 heavy (non-hydrogen) atoms. The normalized spacial score (nSPS) is 11.9. The van der Waals surface area contributed by atoms with Crippen molar-refractivity contribution in [3.05, 3.63) is 53.6 Å². The molecule has 1 rings (SSSR count). The Balaban J connectivity index is 2.92. The van der Waals surface area contributed by atoms with Gasteiger partial charge in [-0.05, 0) is 0 Å². The second-order valence-electron chi connectivity index (χ2n) is 5.50. The first kappa shape index (κ1) is 17.6. The number of allylic oxidation sites excluding steroid dienone is 2. The first-order valence-corrected chi connectivity index (χ1v) is 8.84. The monoisotopic (exact) mass is 323 g/mol. The predicted octanol–water partition coefficient (Wildman–Crippen LogP) is 5.49. The fourth-order valence-electron chi connectivity index (χ4n) is 2.11. The average Bonchev–Trinajstić information content (AvgIpc) is 2.42. The third kappa shape index (κ3) is 5.12. The molecular formula is C18H24SV. The fourth-order valence-corrected chi connectivity index (χ4v) is 3.48. The summed E-state index contributed by atoms with van der Waals surface area (Å²) in [5.74, 6) is 2.15. The zero-order valence-corrected chi connectivity index (χ0v) is 15.1. The van der Waals surface area contributed by atoms with Gasteiger partial charge in [-0.2, -0.15) is 0 Å². The van der Waals surface area contributed by atoms with Crippen LogP contribution in [0.2, 0.25) is 0 Å². The van der Waals surface area contributed by atoms with Crippen LogP contribution in [0, 0.1) is 0 Å². The Morgan fingerprint density at radius 2 is 1.85 bits per heavy atom. The van der Waals surface area contributed by atoms with Crippen LogP contribution in [0.5, 0.6) is 0 Å². The van der Waals surface area contributed by atoms with E-state index in [1.807, 2.05) is 17.8 Å². The van der Waals surface area contributed by atoms with E-state index < -0.39 is 0 Å². The van der Waals surface area contributed by atoms with Gasteiger partial charge in [0.2, 0.25) is 0 Å². The van der Waals surface area contributed by atoms with Crippen LogP contribution in [-0.4, -0.2) is 10.5 Å². The van der Waals surface area contributed by atoms with Crippen molar-refractivity contribution in [2.24, 2.45) is 0 Å². The van der Waals surface area contributed by atoms with Gasteiger partial charge in [-0.15, -0.1) is 0 Å². The molecule has 0 heterocycles. The van der Waals surface area contributed by atoms with Crippen molar-refractivity contribution < 1.29 is 17.0 Å². The summed E-state index contributed by atoms with van der Waals surface area (Å²) in [5.41, 5.74) is 4.25. The van der Waals surface area contributed by atoms with Crippen LogP contribution in [0.25, 0.3) is 0 Å². The third-order valence-corrected chi connectivity index (χ3v) is 4.79. The van der Waals surface area contributed by atoms with Gasteiger partial charge >= 0.3 is 137 Å². The maximum absolute atomic E-state index is 3.76. The molecular weight excluding hydrogens is 299 g/mol. The third-order valence-electron chi connectivity index (χ3n) is 3.21. The predicted molar refractivity (Wildman–Crippen MR) is 89.7 cm³/mol. The molecule has 0 spiro atoms. The topological polar surface area (TPSA) is 0 Å². The van der Waals surface area contributed by atoms with E-state index >= 15 is 0 Å². The molecule has 0 saturated carbocycles. The Labute approximate surface area is 137 Å². The number of benzene rings is 1. The standard InChI is InChI=1S/C18H24S.V/c1-7-8-15(6)12-19-16-9-10-17(13(2)3)18(11-16)14(4)5;/h6-11,13-14H,1,12H2,2-5H3;. The van der Waals surface area contributed by atoms with Crippen molar-refractivity contribution in [1.29, 1.82) is 0 Å². The summed E-state index contributed by atoms with van der Waals surface area (Å²) in [6.45, 7) is 12.8. The molecule has 2 heteroatoms. The molecule has 0 bridgehead atoms. The quantitative estimate of drug-likeness (QED) is 0.472. The Morgan fingerprint density at radius 3 is 2.35 bits per heavy atom. The molecule has 0 aliphatic heterocycles. The van der Waals surface area contributed by atoms with E-state index in [0.29, 0.717) is 11.8 Å². The molecule has 1 aromatic carbocycles. The van der Waals surface area contributed by atoms with Crippen LogP contribution < -0.4 is 0 Å². The Bertz CT molecular complexity index is 498. The summed E-state index contributed by atoms with van der Waals surface area (Å²) in [7, 11) is 0. The molecule has 0 amide bonds. The fraction of sp³-hybridized carbons (Fsp3) is 0.389. The van der Waals surface area contributed by atoms with Crippen molar-refractivity contribution in [3.8, 4) is 0 Å². The van der Waals surface area contributed by atoms with Crippen LogP contribution in [0.3, 0.4) is 0 Å². The van der Waals surface area contributed by atoms with E-state index in [-0.39, 0.29) is 0 Å². The van der Waals surface area contributed by atoms with Crippen LogP contribution >= 0.6 is 11.8 Å². The van der Waals surface area contributed by atoms with Gasteiger partial charge in [0.1, 0.15) is 0 Å². The van der Waals surface area contributed by atoms with Gasteiger partial charge in [-0.25, -0.2) is 0 Å². The molecule has 1 aromatic rings. The van der Waals surface area contributed by atoms with Gasteiger partial charge in [0.05, 0.1) is 0 Å². The molecule has 0 aliphatic carbocycles. The van der Waals surface area contributed by atoms with Crippen LogP contribution in [-0.2, 0) is 17.0 Å². The van der Waals surface area contributed by atoms with Crippen molar-refractivity contribution in [2.45, 2.75) is 44.4 Å². The van der Waals surface area contributed by atoms with E-state index in [4.69, 9.17) is 0 Å². The SMILES string of the molecule is C=CC=C([CH]=[V])CSc1ccc(C(C)C)c(C(C)C)c1. The molecule has 0 atom stereocenters. The number of rotatable bonds is 7. The zero-order valence-electron chi connectivity index (χ0n) is 12.9. The van der Waals surface area contributed by atoms with Crippen LogP contribution in [0.4, 0.5) is 0 Å². The van der Waals surface area contributed by atoms with Gasteiger partial charge in [-0.3, -0.25) is 0 Å². The number of hydrogen-bond acceptors (Lipinski definition) is 1. The van der Waals surface area contributed by atoms with Gasteiger partial charge in [0.25, 0.3) is 0 Å². The molecule has 0 aliphatic rings. The summed E-state index contributed by atoms with van der Waals surface area (Å²) in [6, 6.07) is 6.91. The van der Waals surface area contributed by atoms with Gasteiger partial charge in [0.15, 0.2) is 0 Å². The number of hydrogen-bond donors (Lipinski definition) is 0. The van der Waals surface area contributed by atoms with Crippen molar-refractivity contribution >= 4 is 16.5 Å². The minimum absolute atomic E-state index is 0.575. The Morgan fingerprint density at radius 1 is 1.20 bits per heavy atom. The van der Waals surface area contributed by atoms with Crippen molar-refractivity contribution in [1.82, 2.24) is 0 Å². The van der Waals surface area contributed by atoms with Crippen LogP contribution in [0.15, 0.2) is 47.4 Å². The molecule has 0 fully saturated rings. The van der Waals surface area contributed by atoms with Crippen LogP contribution in [0.1, 0.15) is 50.7 Å². The van der Waals surface area contributed by atoms with Crippen molar-refractivity contribution in [3.63, 3.8) is 0 Å². The first-order valence-electron chi connectivity index (χ1n) is 7.05. The summed E-state index contributed by atoms with van der Waals surface area (Å²) in [6.07, 6.45) is 3.91. The Kier molecular flexibility index (Phi) is 7.65. The molecule has 0 radical (unpaired) electrons. The first-order chi connectivity index (χ1) is 9.49.